The molecule has 4 nitrogen and oxygen atoms in total. The smallest absolute Gasteiger partial charge is 0.339 e. The van der Waals surface area contributed by atoms with E-state index in [9.17, 15) is 4.79 Å². The highest BCUT2D eigenvalue weighted by Crippen LogP contribution is 2.15. The summed E-state index contributed by atoms with van der Waals surface area (Å²) in [5, 5.41) is 0. The molecule has 1 aromatic heterocycles. The van der Waals surface area contributed by atoms with Gasteiger partial charge in [0.25, 0.3) is 0 Å². The Morgan fingerprint density at radius 1 is 1.47 bits per heavy atom. The number of ether oxygens (including phenoxy) is 1. The highest BCUT2D eigenvalue weighted by atomic mass is 16.5. The molecule has 0 bridgehead atoms. The van der Waals surface area contributed by atoms with Crippen molar-refractivity contribution in [2.45, 2.75) is 26.8 Å². The third-order valence-corrected chi connectivity index (χ3v) is 2.30. The van der Waals surface area contributed by atoms with E-state index in [-0.39, 0.29) is 5.97 Å². The van der Waals surface area contributed by atoms with Crippen LogP contribution in [0.5, 0.6) is 0 Å². The number of esters is 1. The summed E-state index contributed by atoms with van der Waals surface area (Å²) in [6.45, 7) is 6.12. The molecule has 1 rings (SSSR count). The summed E-state index contributed by atoms with van der Waals surface area (Å²) < 4.78 is 4.63. The SMILES string of the molecule is C/C=C\N(c1ccc(C(=O)OC)cn1)C(C)C. The summed E-state index contributed by atoms with van der Waals surface area (Å²) >= 11 is 0. The third kappa shape index (κ3) is 3.31. The van der Waals surface area contributed by atoms with E-state index >= 15 is 0 Å². The van der Waals surface area contributed by atoms with Gasteiger partial charge >= 0.3 is 5.97 Å². The summed E-state index contributed by atoms with van der Waals surface area (Å²) in [6.07, 6.45) is 5.45. The Morgan fingerprint density at radius 3 is 2.59 bits per heavy atom. The number of methoxy groups -OCH3 is 1. The lowest BCUT2D eigenvalue weighted by molar-refractivity contribution is 0.0600. The van der Waals surface area contributed by atoms with Crippen LogP contribution >= 0.6 is 0 Å². The first kappa shape index (κ1) is 13.2. The first-order chi connectivity index (χ1) is 8.10. The maximum atomic E-state index is 11.3. The molecular weight excluding hydrogens is 216 g/mol. The second-order valence-electron chi connectivity index (χ2n) is 3.88. The fraction of sp³-hybridized carbons (Fsp3) is 0.385. The van der Waals surface area contributed by atoms with Gasteiger partial charge in [0.1, 0.15) is 5.82 Å². The van der Waals surface area contributed by atoms with Crippen LogP contribution in [0.2, 0.25) is 0 Å². The molecule has 4 heteroatoms. The van der Waals surface area contributed by atoms with Crippen LogP contribution in [0.1, 0.15) is 31.1 Å². The Hall–Kier alpha value is -1.84. The minimum absolute atomic E-state index is 0.308. The van der Waals surface area contributed by atoms with Gasteiger partial charge in [0.2, 0.25) is 0 Å². The maximum absolute atomic E-state index is 11.3. The Labute approximate surface area is 102 Å². The fourth-order valence-electron chi connectivity index (χ4n) is 1.45. The molecule has 0 aliphatic rings. The Kier molecular flexibility index (Phi) is 4.69. The maximum Gasteiger partial charge on any atom is 0.339 e. The monoisotopic (exact) mass is 234 g/mol. The van der Waals surface area contributed by atoms with E-state index < -0.39 is 0 Å². The molecule has 0 N–H and O–H groups in total. The van der Waals surface area contributed by atoms with Crippen LogP contribution in [0, 0.1) is 0 Å². The van der Waals surface area contributed by atoms with Gasteiger partial charge < -0.3 is 9.64 Å². The zero-order chi connectivity index (χ0) is 12.8. The molecule has 1 heterocycles. The number of rotatable bonds is 4. The number of carbonyl (C=O) groups is 1. The van der Waals surface area contributed by atoms with Crippen molar-refractivity contribution in [2.24, 2.45) is 0 Å². The van der Waals surface area contributed by atoms with Gasteiger partial charge in [-0.3, -0.25) is 0 Å². The van der Waals surface area contributed by atoms with Gasteiger partial charge in [-0.1, -0.05) is 6.08 Å². The number of anilines is 1. The number of pyridine rings is 1. The lowest BCUT2D eigenvalue weighted by atomic mass is 10.2. The molecule has 1 aromatic rings. The molecule has 17 heavy (non-hydrogen) atoms. The van der Waals surface area contributed by atoms with Gasteiger partial charge in [0, 0.05) is 18.4 Å². The molecule has 0 spiro atoms. The summed E-state index contributed by atoms with van der Waals surface area (Å²) in [5.41, 5.74) is 0.459. The van der Waals surface area contributed by atoms with Gasteiger partial charge in [-0.15, -0.1) is 0 Å². The Bertz CT molecular complexity index is 396. The van der Waals surface area contributed by atoms with E-state index in [0.717, 1.165) is 5.82 Å². The molecule has 0 amide bonds. The van der Waals surface area contributed by atoms with Crippen molar-refractivity contribution in [1.29, 1.82) is 0 Å². The molecule has 0 aliphatic carbocycles. The zero-order valence-corrected chi connectivity index (χ0v) is 10.7. The largest absolute Gasteiger partial charge is 0.465 e. The Morgan fingerprint density at radius 2 is 2.18 bits per heavy atom. The zero-order valence-electron chi connectivity index (χ0n) is 10.7. The van der Waals surface area contributed by atoms with Crippen LogP contribution < -0.4 is 4.90 Å². The molecule has 0 unspecified atom stereocenters. The van der Waals surface area contributed by atoms with E-state index in [1.165, 1.54) is 13.3 Å². The predicted octanol–water partition coefficient (Wildman–Crippen LogP) is 2.62. The average molecular weight is 234 g/mol. The summed E-state index contributed by atoms with van der Waals surface area (Å²) in [4.78, 5) is 17.6. The van der Waals surface area contributed by atoms with E-state index in [4.69, 9.17) is 0 Å². The van der Waals surface area contributed by atoms with Crippen molar-refractivity contribution in [3.8, 4) is 0 Å². The summed E-state index contributed by atoms with van der Waals surface area (Å²) in [5.74, 6) is 0.442. The second kappa shape index (κ2) is 6.03. The van der Waals surface area contributed by atoms with Crippen LogP contribution in [0.25, 0.3) is 0 Å². The van der Waals surface area contributed by atoms with Crippen molar-refractivity contribution in [3.63, 3.8) is 0 Å². The van der Waals surface area contributed by atoms with E-state index in [1.807, 2.05) is 30.2 Å². The van der Waals surface area contributed by atoms with Crippen molar-refractivity contribution < 1.29 is 9.53 Å². The fourth-order valence-corrected chi connectivity index (χ4v) is 1.45. The minimum Gasteiger partial charge on any atom is -0.465 e. The number of allylic oxidation sites excluding steroid dienone is 1. The van der Waals surface area contributed by atoms with Crippen molar-refractivity contribution in [3.05, 3.63) is 36.2 Å². The van der Waals surface area contributed by atoms with E-state index in [0.29, 0.717) is 11.6 Å². The van der Waals surface area contributed by atoms with Crippen molar-refractivity contribution in [2.75, 3.05) is 12.0 Å². The summed E-state index contributed by atoms with van der Waals surface area (Å²) in [7, 11) is 1.36. The van der Waals surface area contributed by atoms with Gasteiger partial charge in [-0.2, -0.15) is 0 Å². The second-order valence-corrected chi connectivity index (χ2v) is 3.88. The third-order valence-electron chi connectivity index (χ3n) is 2.30. The number of hydrogen-bond donors (Lipinski definition) is 0. The van der Waals surface area contributed by atoms with Gasteiger partial charge in [-0.05, 0) is 32.9 Å². The highest BCUT2D eigenvalue weighted by molar-refractivity contribution is 5.89. The Balaban J connectivity index is 2.96. The van der Waals surface area contributed by atoms with Crippen LogP contribution in [0.4, 0.5) is 5.82 Å². The predicted molar refractivity (Wildman–Crippen MR) is 68.0 cm³/mol. The van der Waals surface area contributed by atoms with Gasteiger partial charge in [-0.25, -0.2) is 9.78 Å². The van der Waals surface area contributed by atoms with Gasteiger partial charge in [0.05, 0.1) is 12.7 Å². The van der Waals surface area contributed by atoms with E-state index in [2.05, 4.69) is 23.6 Å². The summed E-state index contributed by atoms with van der Waals surface area (Å²) in [6, 6.07) is 3.84. The molecule has 0 atom stereocenters. The average Bonchev–Trinajstić information content (AvgIpc) is 2.35. The molecule has 0 saturated heterocycles. The van der Waals surface area contributed by atoms with E-state index in [1.54, 1.807) is 6.07 Å². The van der Waals surface area contributed by atoms with Crippen molar-refractivity contribution >= 4 is 11.8 Å². The highest BCUT2D eigenvalue weighted by Gasteiger charge is 2.10. The standard InChI is InChI=1S/C13H18N2O2/c1-5-8-15(10(2)3)12-7-6-11(9-14-12)13(16)17-4/h5-10H,1-4H3/b8-5-. The van der Waals surface area contributed by atoms with Crippen molar-refractivity contribution in [1.82, 2.24) is 4.98 Å². The van der Waals surface area contributed by atoms with Crippen LogP contribution in [-0.4, -0.2) is 24.1 Å². The van der Waals surface area contributed by atoms with Crippen LogP contribution in [-0.2, 0) is 4.74 Å². The van der Waals surface area contributed by atoms with Crippen LogP contribution in [0.3, 0.4) is 0 Å². The minimum atomic E-state index is -0.369. The number of aromatic nitrogens is 1. The molecule has 0 aliphatic heterocycles. The van der Waals surface area contributed by atoms with Crippen LogP contribution in [0.15, 0.2) is 30.6 Å². The molecule has 0 saturated carbocycles. The topological polar surface area (TPSA) is 42.4 Å². The molecule has 92 valence electrons. The molecule has 0 radical (unpaired) electrons. The molecular formula is C13H18N2O2. The molecule has 0 aromatic carbocycles. The number of nitrogens with zero attached hydrogens (tertiary/aromatic N) is 2. The molecule has 0 fully saturated rings. The first-order valence-electron chi connectivity index (χ1n) is 5.55. The lowest BCUT2D eigenvalue weighted by Gasteiger charge is -2.23. The normalized spacial score (nSPS) is 10.9. The van der Waals surface area contributed by atoms with Gasteiger partial charge in [0.15, 0.2) is 0 Å². The first-order valence-corrected chi connectivity index (χ1v) is 5.55. The number of hydrogen-bond acceptors (Lipinski definition) is 4. The number of carbonyl (C=O) groups excluding carboxylic acids is 1. The lowest BCUT2D eigenvalue weighted by Crippen LogP contribution is -2.25. The quantitative estimate of drug-likeness (QED) is 0.751.